The number of ether oxygens (including phenoxy) is 1. The molecule has 4 aromatic rings. The van der Waals surface area contributed by atoms with Crippen LogP contribution >= 0.6 is 24.8 Å². The molecule has 0 aromatic heterocycles. The second-order valence-electron chi connectivity index (χ2n) is 17.3. The average molecular weight is 656 g/mol. The topological polar surface area (TPSA) is 9.23 Å². The van der Waals surface area contributed by atoms with Crippen LogP contribution in [0.5, 0.6) is 11.5 Å². The maximum Gasteiger partial charge on any atom is -0.147 e. The van der Waals surface area contributed by atoms with Crippen LogP contribution in [0.15, 0.2) is 131 Å². The molecule has 0 heterocycles. The second kappa shape index (κ2) is 9.58. The Morgan fingerprint density at radius 2 is 1.26 bits per heavy atom. The summed E-state index contributed by atoms with van der Waals surface area (Å²) in [5, 5.41) is 11.1. The van der Waals surface area contributed by atoms with Crippen LogP contribution in [-0.4, -0.2) is 6.66 Å². The number of rotatable bonds is 8. The van der Waals surface area contributed by atoms with Gasteiger partial charge < -0.3 is 0 Å². The third-order valence-electron chi connectivity index (χ3n) is 13.4. The van der Waals surface area contributed by atoms with E-state index in [2.05, 4.69) is 150 Å². The summed E-state index contributed by atoms with van der Waals surface area (Å²) >= 11 is 0. The van der Waals surface area contributed by atoms with Gasteiger partial charge in [-0.25, -0.2) is 0 Å². The van der Waals surface area contributed by atoms with Crippen LogP contribution in [0.2, 0.25) is 34.0 Å². The third-order valence-corrected chi connectivity index (χ3v) is 72.2. The van der Waals surface area contributed by atoms with Gasteiger partial charge in [0.2, 0.25) is 0 Å². The Morgan fingerprint density at radius 1 is 0.714 bits per heavy atom. The molecule has 1 aliphatic carbocycles. The SMILES string of the molecule is Cc1ccc(Oc2ccccc2)c([CH](c2ccccc2)[Ti]([CH3])([CH3])([CH3])([CH3])([C]2=CC=CC2)([c]2ccccc2)[SiH](C)C)c1.Cl.Cl. The van der Waals surface area contributed by atoms with Gasteiger partial charge in [-0.05, 0) is 0 Å². The zero-order valence-corrected chi connectivity index (χ0v) is 30.6. The van der Waals surface area contributed by atoms with E-state index in [0.717, 1.165) is 17.9 Å². The largest absolute Gasteiger partial charge is 0.147 e. The van der Waals surface area contributed by atoms with Gasteiger partial charge in [-0.3, -0.25) is 0 Å². The summed E-state index contributed by atoms with van der Waals surface area (Å²) < 4.78 is 10.0. The van der Waals surface area contributed by atoms with E-state index in [1.165, 1.54) is 20.6 Å². The molecular weight excluding hydrogens is 607 g/mol. The van der Waals surface area contributed by atoms with Gasteiger partial charge in [0.15, 0.2) is 0 Å². The fourth-order valence-corrected chi connectivity index (χ4v) is 38.5. The zero-order valence-electron chi connectivity index (χ0n) is 26.2. The molecule has 1 aliphatic rings. The van der Waals surface area contributed by atoms with Crippen molar-refractivity contribution in [2.45, 2.75) is 51.6 Å². The van der Waals surface area contributed by atoms with Gasteiger partial charge in [-0.2, -0.15) is 0 Å². The Bertz CT molecular complexity index is 1690. The first-order chi connectivity index (χ1) is 18.7. The fourth-order valence-electron chi connectivity index (χ4n) is 8.67. The Balaban J connectivity index is 0.00000242. The van der Waals surface area contributed by atoms with Crippen molar-refractivity contribution in [2.75, 3.05) is 0 Å². The Labute approximate surface area is 260 Å². The van der Waals surface area contributed by atoms with Crippen molar-refractivity contribution in [3.05, 3.63) is 148 Å². The summed E-state index contributed by atoms with van der Waals surface area (Å²) in [7, 11) is -5.69. The molecular formula is C37H48Cl2OSiTi. The van der Waals surface area contributed by atoms with Crippen molar-refractivity contribution in [1.29, 1.82) is 0 Å². The number of para-hydroxylation sites is 1. The monoisotopic (exact) mass is 654 g/mol. The van der Waals surface area contributed by atoms with E-state index in [1.54, 1.807) is 3.88 Å². The van der Waals surface area contributed by atoms with E-state index < -0.39 is 17.4 Å². The minimum atomic E-state index is -5.69. The van der Waals surface area contributed by atoms with E-state index in [0.29, 0.717) is 0 Å². The average Bonchev–Trinajstić information content (AvgIpc) is 3.50. The van der Waals surface area contributed by atoms with Gasteiger partial charge in [0.1, 0.15) is 0 Å². The summed E-state index contributed by atoms with van der Waals surface area (Å²) in [5.74, 6) is 1.81. The van der Waals surface area contributed by atoms with Crippen LogP contribution in [0.25, 0.3) is 0 Å². The summed E-state index contributed by atoms with van der Waals surface area (Å²) in [4.78, 5) is 0. The quantitative estimate of drug-likeness (QED) is 0.172. The van der Waals surface area contributed by atoms with Crippen LogP contribution in [0, 0.1) is 6.92 Å². The summed E-state index contributed by atoms with van der Waals surface area (Å²) in [6, 6.07) is 40.0. The Hall–Kier alpha value is -2.33. The number of aryl methyl sites for hydroxylation is 1. The van der Waals surface area contributed by atoms with Crippen LogP contribution in [0.4, 0.5) is 0 Å². The number of hydrogen-bond acceptors (Lipinski definition) is 1. The van der Waals surface area contributed by atoms with Gasteiger partial charge in [-0.15, -0.1) is 24.8 Å². The molecule has 1 unspecified atom stereocenters. The molecule has 0 fully saturated rings. The van der Waals surface area contributed by atoms with E-state index in [-0.39, 0.29) is 29.0 Å². The molecule has 1 nitrogen and oxygen atoms in total. The molecule has 0 spiro atoms. The standard InChI is InChI=1S/C20H17O.C6H5.C5H5.C2H7Si.4CH3.2ClH.Ti/c1-16-12-13-20(21-19-10-6-3-7-11-19)18(14-16)15-17-8-4-2-5-9-17;1-2-4-6-5-3-1;1-2-4-5-3-1;1-3-2;;;;;;;/h2-15H,1H3;1-5H;1-3H,4H2;3H,1-2H3;4*1H3;2*1H;. The number of halogens is 2. The molecule has 5 rings (SSSR count). The van der Waals surface area contributed by atoms with Crippen molar-refractivity contribution >= 4 is 35.3 Å². The van der Waals surface area contributed by atoms with Crippen molar-refractivity contribution < 1.29 is 15.5 Å². The third kappa shape index (κ3) is 4.21. The Kier molecular flexibility index (Phi) is 7.80. The van der Waals surface area contributed by atoms with Gasteiger partial charge in [0.05, 0.1) is 0 Å². The molecule has 0 radical (unpaired) electrons. The minimum absolute atomic E-state index is 0. The maximum absolute atomic E-state index is 6.83. The van der Waals surface area contributed by atoms with E-state index >= 15 is 0 Å². The molecule has 0 saturated carbocycles. The van der Waals surface area contributed by atoms with Gasteiger partial charge in [-0.1, -0.05) is 0 Å². The van der Waals surface area contributed by atoms with E-state index in [9.17, 15) is 0 Å². The molecule has 0 bridgehead atoms. The molecule has 42 heavy (non-hydrogen) atoms. The van der Waals surface area contributed by atoms with E-state index in [1.807, 2.05) is 18.2 Å². The zero-order chi connectivity index (χ0) is 28.8. The molecule has 0 aliphatic heterocycles. The molecule has 5 heteroatoms. The minimum Gasteiger partial charge on any atom is -0.147 e. The van der Waals surface area contributed by atoms with Crippen LogP contribution in [0.1, 0.15) is 27.3 Å². The van der Waals surface area contributed by atoms with Crippen molar-refractivity contribution in [1.82, 2.24) is 0 Å². The normalized spacial score (nSPS) is 17.3. The molecule has 4 aromatic carbocycles. The fraction of sp³-hybridized carbons (Fsp3) is 0.243. The molecule has 0 amide bonds. The number of allylic oxidation sites excluding steroid dienone is 4. The van der Waals surface area contributed by atoms with Crippen LogP contribution in [0.3, 0.4) is 0 Å². The van der Waals surface area contributed by atoms with Gasteiger partial charge in [0.25, 0.3) is 0 Å². The first-order valence-corrected chi connectivity index (χ1v) is 29.2. The molecule has 0 saturated heterocycles. The summed E-state index contributed by atoms with van der Waals surface area (Å²) in [6.07, 6.45) is 8.14. The smallest absolute Gasteiger partial charge is 0.147 e. The van der Waals surface area contributed by atoms with Crippen molar-refractivity contribution in [3.8, 4) is 11.5 Å². The number of hydrogen-bond donors (Lipinski definition) is 0. The maximum atomic E-state index is 6.83. The molecule has 0 N–H and O–H groups in total. The van der Waals surface area contributed by atoms with Gasteiger partial charge in [0, 0.05) is 0 Å². The van der Waals surface area contributed by atoms with Crippen molar-refractivity contribution in [2.24, 2.45) is 0 Å². The van der Waals surface area contributed by atoms with Crippen LogP contribution < -0.4 is 8.61 Å². The molecule has 224 valence electrons. The summed E-state index contributed by atoms with van der Waals surface area (Å²) in [6.45, 7) is 5.78. The first kappa shape index (κ1) is 34.2. The second-order valence-corrected chi connectivity index (χ2v) is 66.7. The Morgan fingerprint density at radius 3 is 1.79 bits per heavy atom. The summed E-state index contributed by atoms with van der Waals surface area (Å²) in [5.41, 5.74) is 3.89. The van der Waals surface area contributed by atoms with Gasteiger partial charge >= 0.3 is 237 Å². The van der Waals surface area contributed by atoms with Crippen LogP contribution in [-0.2, 0) is 10.7 Å². The van der Waals surface area contributed by atoms with Crippen molar-refractivity contribution in [3.63, 3.8) is 0 Å². The predicted molar refractivity (Wildman–Crippen MR) is 191 cm³/mol. The first-order valence-electron chi connectivity index (χ1n) is 14.9. The molecule has 1 atom stereocenters. The number of benzene rings is 4. The van der Waals surface area contributed by atoms with E-state index in [4.69, 9.17) is 4.74 Å². The predicted octanol–water partition coefficient (Wildman–Crippen LogP) is 11.4.